The molecule has 1 rings (SSSR count). The maximum Gasteiger partial charge on any atom is 0.326 e. The average molecular weight is 478 g/mol. The predicted molar refractivity (Wildman–Crippen MR) is 130 cm³/mol. The number of benzene rings is 1. The average Bonchev–Trinajstić information content (AvgIpc) is 2.81. The van der Waals surface area contributed by atoms with Gasteiger partial charge < -0.3 is 32.5 Å². The number of carbonyl (C=O) groups excluding carboxylic acids is 3. The molecule has 0 radical (unpaired) electrons. The van der Waals surface area contributed by atoms with Gasteiger partial charge in [0.15, 0.2) is 0 Å². The van der Waals surface area contributed by atoms with Crippen molar-refractivity contribution >= 4 is 23.7 Å². The van der Waals surface area contributed by atoms with E-state index in [4.69, 9.17) is 11.5 Å². The van der Waals surface area contributed by atoms with Crippen LogP contribution < -0.4 is 27.4 Å². The number of hydrogen-bond acceptors (Lipinski definition) is 6. The fourth-order valence-corrected chi connectivity index (χ4v) is 3.33. The highest BCUT2D eigenvalue weighted by molar-refractivity contribution is 5.94. The largest absolute Gasteiger partial charge is 0.480 e. The molecule has 8 N–H and O–H groups in total. The molecule has 34 heavy (non-hydrogen) atoms. The molecule has 5 atom stereocenters. The van der Waals surface area contributed by atoms with Crippen LogP contribution in [0.25, 0.3) is 0 Å². The highest BCUT2D eigenvalue weighted by Gasteiger charge is 2.31. The van der Waals surface area contributed by atoms with E-state index in [2.05, 4.69) is 16.0 Å². The minimum atomic E-state index is -1.14. The lowest BCUT2D eigenvalue weighted by molar-refractivity contribution is -0.143. The summed E-state index contributed by atoms with van der Waals surface area (Å²) in [6, 6.07) is 5.24. The summed E-state index contributed by atoms with van der Waals surface area (Å²) in [6.07, 6.45) is 2.30. The molecule has 10 nitrogen and oxygen atoms in total. The second-order valence-electron chi connectivity index (χ2n) is 8.60. The fraction of sp³-hybridized carbons (Fsp3) is 0.583. The summed E-state index contributed by atoms with van der Waals surface area (Å²) in [7, 11) is 0. The van der Waals surface area contributed by atoms with Crippen molar-refractivity contribution in [1.82, 2.24) is 16.0 Å². The maximum absolute atomic E-state index is 13.1. The summed E-state index contributed by atoms with van der Waals surface area (Å²) in [5.74, 6) is -3.08. The van der Waals surface area contributed by atoms with Gasteiger partial charge in [0, 0.05) is 6.42 Å². The van der Waals surface area contributed by atoms with Gasteiger partial charge in [0.25, 0.3) is 0 Å². The standard InChI is InChI=1S/C24H39N5O5/c1-4-15(2)20(24(33)34)29-23(32)19(14-17-10-6-5-7-11-17)28-22(31)18(12-8-9-13-25)27-21(30)16(3)26/h5-7,10-11,15-16,18-20H,4,8-9,12-14,25-26H2,1-3H3,(H,27,30)(H,28,31)(H,29,32)(H,33,34). The van der Waals surface area contributed by atoms with Crippen LogP contribution in [0.1, 0.15) is 52.0 Å². The van der Waals surface area contributed by atoms with Crippen molar-refractivity contribution in [2.75, 3.05) is 6.54 Å². The molecule has 0 bridgehead atoms. The summed E-state index contributed by atoms with van der Waals surface area (Å²) in [6.45, 7) is 5.53. The molecule has 0 saturated carbocycles. The maximum atomic E-state index is 13.1. The summed E-state index contributed by atoms with van der Waals surface area (Å²) in [4.78, 5) is 50.1. The number of rotatable bonds is 15. The van der Waals surface area contributed by atoms with Gasteiger partial charge in [-0.3, -0.25) is 14.4 Å². The van der Waals surface area contributed by atoms with E-state index in [1.165, 1.54) is 6.92 Å². The first-order chi connectivity index (χ1) is 16.1. The van der Waals surface area contributed by atoms with Crippen LogP contribution in [0, 0.1) is 5.92 Å². The van der Waals surface area contributed by atoms with Crippen LogP contribution in [-0.4, -0.2) is 59.5 Å². The van der Waals surface area contributed by atoms with Gasteiger partial charge in [-0.2, -0.15) is 0 Å². The molecule has 0 aliphatic carbocycles. The molecule has 5 unspecified atom stereocenters. The van der Waals surface area contributed by atoms with Gasteiger partial charge in [-0.25, -0.2) is 4.79 Å². The Morgan fingerprint density at radius 1 is 0.912 bits per heavy atom. The fourth-order valence-electron chi connectivity index (χ4n) is 3.33. The second kappa shape index (κ2) is 15.0. The van der Waals surface area contributed by atoms with Crippen molar-refractivity contribution < 1.29 is 24.3 Å². The lowest BCUT2D eigenvalue weighted by atomic mass is 9.98. The Balaban J connectivity index is 3.10. The molecule has 3 amide bonds. The number of carboxylic acids is 1. The van der Waals surface area contributed by atoms with E-state index in [0.29, 0.717) is 32.2 Å². The number of nitrogens with one attached hydrogen (secondary N) is 3. The normalized spacial score (nSPS) is 15.3. The highest BCUT2D eigenvalue weighted by Crippen LogP contribution is 2.11. The summed E-state index contributed by atoms with van der Waals surface area (Å²) >= 11 is 0. The number of amides is 3. The molecule has 1 aromatic rings. The third-order valence-electron chi connectivity index (χ3n) is 5.69. The van der Waals surface area contributed by atoms with E-state index in [1.54, 1.807) is 6.92 Å². The molecule has 0 aliphatic heterocycles. The Kier molecular flexibility index (Phi) is 12.8. The zero-order valence-corrected chi connectivity index (χ0v) is 20.3. The molecule has 190 valence electrons. The lowest BCUT2D eigenvalue weighted by Crippen LogP contribution is -2.58. The molecule has 0 aliphatic rings. The molecular weight excluding hydrogens is 438 g/mol. The van der Waals surface area contributed by atoms with Gasteiger partial charge >= 0.3 is 5.97 Å². The van der Waals surface area contributed by atoms with Crippen LogP contribution >= 0.6 is 0 Å². The van der Waals surface area contributed by atoms with E-state index in [-0.39, 0.29) is 12.3 Å². The van der Waals surface area contributed by atoms with Crippen LogP contribution in [0.2, 0.25) is 0 Å². The van der Waals surface area contributed by atoms with E-state index >= 15 is 0 Å². The van der Waals surface area contributed by atoms with Gasteiger partial charge in [-0.1, -0.05) is 50.6 Å². The first-order valence-corrected chi connectivity index (χ1v) is 11.7. The molecule has 1 aromatic carbocycles. The number of aliphatic carboxylic acids is 1. The number of carboxylic acid groups (broad SMARTS) is 1. The number of carbonyl (C=O) groups is 4. The SMILES string of the molecule is CCC(C)C(NC(=O)C(Cc1ccccc1)NC(=O)C(CCCCN)NC(=O)C(C)N)C(=O)O. The van der Waals surface area contributed by atoms with E-state index in [0.717, 1.165) is 5.56 Å². The molecule has 0 aromatic heterocycles. The lowest BCUT2D eigenvalue weighted by Gasteiger charge is -2.26. The molecular formula is C24H39N5O5. The topological polar surface area (TPSA) is 177 Å². The zero-order chi connectivity index (χ0) is 25.7. The first kappa shape index (κ1) is 29.1. The van der Waals surface area contributed by atoms with Gasteiger partial charge in [0.1, 0.15) is 18.1 Å². The quantitative estimate of drug-likeness (QED) is 0.197. The van der Waals surface area contributed by atoms with E-state index in [9.17, 15) is 24.3 Å². The van der Waals surface area contributed by atoms with Gasteiger partial charge in [-0.15, -0.1) is 0 Å². The van der Waals surface area contributed by atoms with Crippen molar-refractivity contribution in [3.63, 3.8) is 0 Å². The molecule has 0 heterocycles. The van der Waals surface area contributed by atoms with Gasteiger partial charge in [0.2, 0.25) is 17.7 Å². The number of unbranched alkanes of at least 4 members (excludes halogenated alkanes) is 1. The molecule has 0 spiro atoms. The smallest absolute Gasteiger partial charge is 0.326 e. The number of hydrogen-bond donors (Lipinski definition) is 6. The zero-order valence-electron chi connectivity index (χ0n) is 20.3. The summed E-state index contributed by atoms with van der Waals surface area (Å²) < 4.78 is 0. The van der Waals surface area contributed by atoms with Crippen molar-refractivity contribution in [3.8, 4) is 0 Å². The Hall–Kier alpha value is -2.98. The third-order valence-corrected chi connectivity index (χ3v) is 5.69. The monoisotopic (exact) mass is 477 g/mol. The Morgan fingerprint density at radius 3 is 2.03 bits per heavy atom. The molecule has 0 saturated heterocycles. The Labute approximate surface area is 201 Å². The predicted octanol–water partition coefficient (Wildman–Crippen LogP) is 0.290. The van der Waals surface area contributed by atoms with Gasteiger partial charge in [-0.05, 0) is 44.2 Å². The molecule has 0 fully saturated rings. The Bertz CT molecular complexity index is 802. The van der Waals surface area contributed by atoms with Crippen molar-refractivity contribution in [2.45, 2.75) is 77.0 Å². The van der Waals surface area contributed by atoms with Crippen molar-refractivity contribution in [2.24, 2.45) is 17.4 Å². The van der Waals surface area contributed by atoms with E-state index in [1.807, 2.05) is 37.3 Å². The van der Waals surface area contributed by atoms with Crippen LogP contribution in [0.5, 0.6) is 0 Å². The van der Waals surface area contributed by atoms with Crippen LogP contribution in [0.15, 0.2) is 30.3 Å². The van der Waals surface area contributed by atoms with Crippen LogP contribution in [0.3, 0.4) is 0 Å². The highest BCUT2D eigenvalue weighted by atomic mass is 16.4. The first-order valence-electron chi connectivity index (χ1n) is 11.7. The summed E-state index contributed by atoms with van der Waals surface area (Å²) in [5.41, 5.74) is 12.0. The van der Waals surface area contributed by atoms with Gasteiger partial charge in [0.05, 0.1) is 6.04 Å². The number of nitrogens with two attached hydrogens (primary N) is 2. The molecule has 10 heteroatoms. The van der Waals surface area contributed by atoms with E-state index < -0.39 is 47.9 Å². The van der Waals surface area contributed by atoms with Crippen molar-refractivity contribution in [3.05, 3.63) is 35.9 Å². The summed E-state index contributed by atoms with van der Waals surface area (Å²) in [5, 5.41) is 17.5. The third kappa shape index (κ3) is 9.88. The van der Waals surface area contributed by atoms with Crippen LogP contribution in [-0.2, 0) is 25.6 Å². The second-order valence-corrected chi connectivity index (χ2v) is 8.60. The van der Waals surface area contributed by atoms with Crippen LogP contribution in [0.4, 0.5) is 0 Å². The Morgan fingerprint density at radius 2 is 1.50 bits per heavy atom. The minimum absolute atomic E-state index is 0.155. The minimum Gasteiger partial charge on any atom is -0.480 e. The van der Waals surface area contributed by atoms with Crippen molar-refractivity contribution in [1.29, 1.82) is 0 Å².